The van der Waals surface area contributed by atoms with Gasteiger partial charge >= 0.3 is 12.4 Å². The van der Waals surface area contributed by atoms with E-state index >= 15 is 0 Å². The second kappa shape index (κ2) is 8.39. The molecule has 0 aliphatic rings. The van der Waals surface area contributed by atoms with E-state index in [0.29, 0.717) is 12.1 Å². The van der Waals surface area contributed by atoms with Gasteiger partial charge in [-0.1, -0.05) is 0 Å². The minimum Gasteiger partial charge on any atom is -0.342 e. The SMILES string of the molecule is CC(NC(=O)c1cc(C(F)(F)F)cc(C(F)(F)F)c1)c1nc(I)nn1-c1ncccn1. The third-order valence-corrected chi connectivity index (χ3v) is 4.39. The van der Waals surface area contributed by atoms with Crippen molar-refractivity contribution in [3.05, 3.63) is 63.0 Å². The van der Waals surface area contributed by atoms with Crippen LogP contribution < -0.4 is 5.32 Å². The van der Waals surface area contributed by atoms with Gasteiger partial charge in [0, 0.05) is 40.5 Å². The van der Waals surface area contributed by atoms with E-state index in [1.165, 1.54) is 24.0 Å². The number of nitrogens with one attached hydrogen (secondary N) is 1. The van der Waals surface area contributed by atoms with Crippen LogP contribution in [0.2, 0.25) is 0 Å². The molecule has 7 nitrogen and oxygen atoms in total. The number of aromatic nitrogens is 5. The van der Waals surface area contributed by atoms with E-state index in [4.69, 9.17) is 0 Å². The van der Waals surface area contributed by atoms with Crippen molar-refractivity contribution in [2.45, 2.75) is 25.3 Å². The number of benzene rings is 1. The van der Waals surface area contributed by atoms with Gasteiger partial charge in [-0.15, -0.1) is 5.10 Å². The molecule has 1 aromatic carbocycles. The van der Waals surface area contributed by atoms with Crippen molar-refractivity contribution in [1.29, 1.82) is 0 Å². The summed E-state index contributed by atoms with van der Waals surface area (Å²) in [6.45, 7) is 1.44. The Labute approximate surface area is 184 Å². The second-order valence-electron chi connectivity index (χ2n) is 6.19. The smallest absolute Gasteiger partial charge is 0.342 e. The molecule has 1 N–H and O–H groups in total. The first-order chi connectivity index (χ1) is 14.4. The number of nitrogens with zero attached hydrogens (tertiary/aromatic N) is 5. The Kier molecular flexibility index (Phi) is 6.20. The number of amides is 1. The minimum absolute atomic E-state index is 0.0497. The molecule has 0 bridgehead atoms. The number of carbonyl (C=O) groups excluding carboxylic acids is 1. The number of hydrogen-bond acceptors (Lipinski definition) is 5. The average Bonchev–Trinajstić information content (AvgIpc) is 3.09. The first-order valence-electron chi connectivity index (χ1n) is 8.36. The lowest BCUT2D eigenvalue weighted by molar-refractivity contribution is -0.143. The highest BCUT2D eigenvalue weighted by Crippen LogP contribution is 2.36. The van der Waals surface area contributed by atoms with Crippen LogP contribution in [0, 0.1) is 3.83 Å². The monoisotopic (exact) mass is 556 g/mol. The molecule has 31 heavy (non-hydrogen) atoms. The van der Waals surface area contributed by atoms with Gasteiger partial charge in [0.25, 0.3) is 11.9 Å². The molecular formula is C17H11F6IN6O. The van der Waals surface area contributed by atoms with Crippen molar-refractivity contribution in [2.75, 3.05) is 0 Å². The van der Waals surface area contributed by atoms with Crippen molar-refractivity contribution in [1.82, 2.24) is 30.0 Å². The number of alkyl halides is 6. The van der Waals surface area contributed by atoms with Crippen LogP contribution in [0.4, 0.5) is 26.3 Å². The molecule has 0 radical (unpaired) electrons. The van der Waals surface area contributed by atoms with E-state index in [0.717, 1.165) is 0 Å². The highest BCUT2D eigenvalue weighted by molar-refractivity contribution is 14.1. The number of halogens is 7. The summed E-state index contributed by atoms with van der Waals surface area (Å²) in [6, 6.07) is 1.27. The van der Waals surface area contributed by atoms with Gasteiger partial charge in [0.1, 0.15) is 0 Å². The predicted molar refractivity (Wildman–Crippen MR) is 102 cm³/mol. The molecule has 2 aromatic heterocycles. The van der Waals surface area contributed by atoms with Crippen molar-refractivity contribution < 1.29 is 31.1 Å². The molecule has 0 aliphatic carbocycles. The molecule has 3 rings (SSSR count). The van der Waals surface area contributed by atoms with Gasteiger partial charge in [0.05, 0.1) is 17.2 Å². The van der Waals surface area contributed by atoms with Crippen LogP contribution in [-0.2, 0) is 12.4 Å². The van der Waals surface area contributed by atoms with Gasteiger partial charge in [-0.3, -0.25) is 4.79 Å². The molecule has 3 aromatic rings. The highest BCUT2D eigenvalue weighted by atomic mass is 127. The van der Waals surface area contributed by atoms with Crippen LogP contribution in [0.1, 0.15) is 40.3 Å². The standard InChI is InChI=1S/C17H11F6IN6O/c1-8(12-28-14(24)29-30(12)15-25-3-2-4-26-15)27-13(31)9-5-10(16(18,19)20)7-11(6-9)17(21,22)23/h2-8H,1H3,(H,27,31). The highest BCUT2D eigenvalue weighted by Gasteiger charge is 2.37. The zero-order valence-electron chi connectivity index (χ0n) is 15.3. The van der Waals surface area contributed by atoms with Gasteiger partial charge in [0.15, 0.2) is 5.82 Å². The Morgan fingerprint density at radius 3 is 2.10 bits per heavy atom. The van der Waals surface area contributed by atoms with Gasteiger partial charge in [-0.25, -0.2) is 15.0 Å². The minimum atomic E-state index is -5.07. The maximum absolute atomic E-state index is 13.0. The molecule has 14 heteroatoms. The lowest BCUT2D eigenvalue weighted by atomic mass is 10.0. The van der Waals surface area contributed by atoms with Crippen LogP contribution in [0.15, 0.2) is 36.7 Å². The van der Waals surface area contributed by atoms with Gasteiger partial charge < -0.3 is 5.32 Å². The summed E-state index contributed by atoms with van der Waals surface area (Å²) in [7, 11) is 0. The molecular weight excluding hydrogens is 545 g/mol. The van der Waals surface area contributed by atoms with Gasteiger partial charge in [0.2, 0.25) is 3.83 Å². The molecule has 1 atom stereocenters. The molecule has 1 unspecified atom stereocenters. The van der Waals surface area contributed by atoms with E-state index in [2.05, 4.69) is 25.4 Å². The maximum atomic E-state index is 13.0. The molecule has 164 valence electrons. The number of hydrogen-bond donors (Lipinski definition) is 1. The second-order valence-corrected chi connectivity index (χ2v) is 7.15. The zero-order valence-corrected chi connectivity index (χ0v) is 17.5. The molecule has 1 amide bonds. The van der Waals surface area contributed by atoms with Crippen LogP contribution in [0.25, 0.3) is 5.95 Å². The van der Waals surface area contributed by atoms with E-state index in [-0.39, 0.29) is 21.7 Å². The zero-order chi connectivity index (χ0) is 23.0. The fourth-order valence-corrected chi connectivity index (χ4v) is 3.02. The van der Waals surface area contributed by atoms with Crippen molar-refractivity contribution in [3.8, 4) is 5.95 Å². The molecule has 0 aliphatic heterocycles. The number of rotatable bonds is 4. The molecule has 2 heterocycles. The Bertz CT molecular complexity index is 1070. The number of carbonyl (C=O) groups is 1. The Morgan fingerprint density at radius 2 is 1.58 bits per heavy atom. The summed E-state index contributed by atoms with van der Waals surface area (Å²) in [5.41, 5.74) is -3.98. The first kappa shape index (κ1) is 22.9. The van der Waals surface area contributed by atoms with E-state index in [1.807, 2.05) is 0 Å². The molecule has 0 spiro atoms. The Hall–Kier alpha value is -2.78. The van der Waals surface area contributed by atoms with Gasteiger partial charge in [-0.05, 0) is 31.2 Å². The first-order valence-corrected chi connectivity index (χ1v) is 9.44. The van der Waals surface area contributed by atoms with E-state index in [9.17, 15) is 31.1 Å². The molecule has 0 saturated carbocycles. The summed E-state index contributed by atoms with van der Waals surface area (Å²) in [6.07, 6.45) is -7.26. The van der Waals surface area contributed by atoms with Crippen molar-refractivity contribution in [3.63, 3.8) is 0 Å². The van der Waals surface area contributed by atoms with Gasteiger partial charge in [-0.2, -0.15) is 31.0 Å². The summed E-state index contributed by atoms with van der Waals surface area (Å²) in [4.78, 5) is 24.6. The molecule has 0 fully saturated rings. The fourth-order valence-electron chi connectivity index (χ4n) is 2.56. The van der Waals surface area contributed by atoms with Crippen molar-refractivity contribution in [2.24, 2.45) is 0 Å². The predicted octanol–water partition coefficient (Wildman–Crippen LogP) is 4.19. The Morgan fingerprint density at radius 1 is 1.03 bits per heavy atom. The van der Waals surface area contributed by atoms with Crippen LogP contribution in [0.5, 0.6) is 0 Å². The van der Waals surface area contributed by atoms with Crippen molar-refractivity contribution >= 4 is 28.5 Å². The largest absolute Gasteiger partial charge is 0.416 e. The summed E-state index contributed by atoms with van der Waals surface area (Å²) in [5, 5.41) is 6.43. The quantitative estimate of drug-likeness (QED) is 0.385. The average molecular weight is 556 g/mol. The van der Waals surface area contributed by atoms with Crippen LogP contribution in [-0.4, -0.2) is 30.6 Å². The Balaban J connectivity index is 1.94. The third kappa shape index (κ3) is 5.29. The van der Waals surface area contributed by atoms with Crippen LogP contribution in [0.3, 0.4) is 0 Å². The van der Waals surface area contributed by atoms with Crippen LogP contribution >= 0.6 is 22.6 Å². The lowest BCUT2D eigenvalue weighted by Gasteiger charge is -2.16. The normalized spacial score (nSPS) is 13.2. The maximum Gasteiger partial charge on any atom is 0.416 e. The summed E-state index contributed by atoms with van der Waals surface area (Å²) >= 11 is 1.80. The van der Waals surface area contributed by atoms with E-state index in [1.54, 1.807) is 28.7 Å². The summed E-state index contributed by atoms with van der Waals surface area (Å²) in [5.74, 6) is -0.901. The topological polar surface area (TPSA) is 85.6 Å². The fraction of sp³-hybridized carbons (Fsp3) is 0.235. The lowest BCUT2D eigenvalue weighted by Crippen LogP contribution is -2.29. The third-order valence-electron chi connectivity index (χ3n) is 3.93. The van der Waals surface area contributed by atoms with E-state index < -0.39 is 41.0 Å². The summed E-state index contributed by atoms with van der Waals surface area (Å²) < 4.78 is 79.7. The molecule has 0 saturated heterocycles.